The molecule has 0 spiro atoms. The van der Waals surface area contributed by atoms with Crippen molar-refractivity contribution in [2.45, 2.75) is 13.1 Å². The van der Waals surface area contributed by atoms with Crippen LogP contribution in [0.15, 0.2) is 28.7 Å². The summed E-state index contributed by atoms with van der Waals surface area (Å²) in [4.78, 5) is 14.3. The number of oxazole rings is 1. The van der Waals surface area contributed by atoms with Gasteiger partial charge in [0.25, 0.3) is 5.89 Å². The van der Waals surface area contributed by atoms with Crippen molar-refractivity contribution in [2.24, 2.45) is 0 Å². The SMILES string of the molecule is Cc1oc(C=O)nc1-c1cccc(C(F)(F)F)c1. The van der Waals surface area contributed by atoms with E-state index in [9.17, 15) is 18.0 Å². The number of carbonyl (C=O) groups is 1. The Morgan fingerprint density at radius 3 is 2.61 bits per heavy atom. The molecule has 3 nitrogen and oxygen atoms in total. The van der Waals surface area contributed by atoms with Crippen LogP contribution in [0.25, 0.3) is 11.3 Å². The number of alkyl halides is 3. The van der Waals surface area contributed by atoms with E-state index in [2.05, 4.69) is 4.98 Å². The molecule has 2 rings (SSSR count). The van der Waals surface area contributed by atoms with E-state index >= 15 is 0 Å². The smallest absolute Gasteiger partial charge is 0.416 e. The molecule has 0 aliphatic heterocycles. The summed E-state index contributed by atoms with van der Waals surface area (Å²) in [6, 6.07) is 4.71. The lowest BCUT2D eigenvalue weighted by molar-refractivity contribution is -0.137. The normalized spacial score (nSPS) is 11.6. The summed E-state index contributed by atoms with van der Waals surface area (Å²) in [5.41, 5.74) is -0.266. The minimum Gasteiger partial charge on any atom is -0.439 e. The highest BCUT2D eigenvalue weighted by Crippen LogP contribution is 2.32. The van der Waals surface area contributed by atoms with E-state index in [4.69, 9.17) is 4.42 Å². The molecular formula is C12H8F3NO2. The molecule has 0 amide bonds. The Morgan fingerprint density at radius 1 is 1.33 bits per heavy atom. The fraction of sp³-hybridized carbons (Fsp3) is 0.167. The molecule has 1 aromatic heterocycles. The van der Waals surface area contributed by atoms with Gasteiger partial charge in [-0.15, -0.1) is 0 Å². The first-order chi connectivity index (χ1) is 8.41. The molecule has 0 saturated carbocycles. The number of aromatic nitrogens is 1. The lowest BCUT2D eigenvalue weighted by Gasteiger charge is -2.07. The average Bonchev–Trinajstić information content (AvgIpc) is 2.70. The first-order valence-electron chi connectivity index (χ1n) is 5.02. The number of halogens is 3. The second kappa shape index (κ2) is 4.29. The van der Waals surface area contributed by atoms with Crippen LogP contribution in [0.5, 0.6) is 0 Å². The van der Waals surface area contributed by atoms with Gasteiger partial charge in [0, 0.05) is 5.56 Å². The lowest BCUT2D eigenvalue weighted by Crippen LogP contribution is -2.04. The minimum absolute atomic E-state index is 0.153. The van der Waals surface area contributed by atoms with Crippen molar-refractivity contribution in [1.29, 1.82) is 0 Å². The number of rotatable bonds is 2. The van der Waals surface area contributed by atoms with Crippen molar-refractivity contribution in [1.82, 2.24) is 4.98 Å². The van der Waals surface area contributed by atoms with Gasteiger partial charge >= 0.3 is 6.18 Å². The van der Waals surface area contributed by atoms with Crippen molar-refractivity contribution < 1.29 is 22.4 Å². The number of benzene rings is 1. The Bertz CT molecular complexity index is 587. The van der Waals surface area contributed by atoms with Crippen LogP contribution in [0, 0.1) is 6.92 Å². The van der Waals surface area contributed by atoms with Crippen molar-refractivity contribution in [3.05, 3.63) is 41.5 Å². The van der Waals surface area contributed by atoms with E-state index in [0.717, 1.165) is 12.1 Å². The number of aldehydes is 1. The largest absolute Gasteiger partial charge is 0.439 e. The molecule has 1 aromatic carbocycles. The summed E-state index contributed by atoms with van der Waals surface area (Å²) in [6.07, 6.45) is -4.01. The fourth-order valence-corrected chi connectivity index (χ4v) is 1.58. The van der Waals surface area contributed by atoms with Gasteiger partial charge in [0.2, 0.25) is 6.29 Å². The molecule has 0 atom stereocenters. The molecule has 1 heterocycles. The fourth-order valence-electron chi connectivity index (χ4n) is 1.58. The van der Waals surface area contributed by atoms with Gasteiger partial charge in [0.05, 0.1) is 5.56 Å². The molecule has 0 fully saturated rings. The molecule has 0 N–H and O–H groups in total. The number of aryl methyl sites for hydroxylation is 1. The van der Waals surface area contributed by atoms with Crippen LogP contribution < -0.4 is 0 Å². The van der Waals surface area contributed by atoms with Gasteiger partial charge in [-0.2, -0.15) is 13.2 Å². The predicted octanol–water partition coefficient (Wildman–Crippen LogP) is 3.48. The number of carbonyl (C=O) groups excluding carboxylic acids is 1. The molecule has 2 aromatic rings. The third-order valence-electron chi connectivity index (χ3n) is 2.38. The van der Waals surface area contributed by atoms with E-state index in [-0.39, 0.29) is 17.1 Å². The summed E-state index contributed by atoms with van der Waals surface area (Å²) >= 11 is 0. The lowest BCUT2D eigenvalue weighted by atomic mass is 10.1. The van der Waals surface area contributed by atoms with Gasteiger partial charge < -0.3 is 4.42 Å². The van der Waals surface area contributed by atoms with E-state index in [0.29, 0.717) is 12.0 Å². The number of hydrogen-bond donors (Lipinski definition) is 0. The number of nitrogens with zero attached hydrogens (tertiary/aromatic N) is 1. The maximum absolute atomic E-state index is 12.6. The van der Waals surface area contributed by atoms with Crippen LogP contribution in [0.3, 0.4) is 0 Å². The Hall–Kier alpha value is -2.11. The molecule has 18 heavy (non-hydrogen) atoms. The zero-order valence-corrected chi connectivity index (χ0v) is 9.28. The first kappa shape index (κ1) is 12.3. The summed E-state index contributed by atoms with van der Waals surface area (Å²) < 4.78 is 42.6. The van der Waals surface area contributed by atoms with Crippen molar-refractivity contribution >= 4 is 6.29 Å². The summed E-state index contributed by atoms with van der Waals surface area (Å²) in [5.74, 6) is 0.149. The molecule has 0 unspecified atom stereocenters. The third kappa shape index (κ3) is 2.27. The van der Waals surface area contributed by atoms with E-state index in [1.54, 1.807) is 0 Å². The topological polar surface area (TPSA) is 43.1 Å². The van der Waals surface area contributed by atoms with Crippen LogP contribution in [0.4, 0.5) is 13.2 Å². The summed E-state index contributed by atoms with van der Waals surface area (Å²) in [6.45, 7) is 1.54. The second-order valence-electron chi connectivity index (χ2n) is 3.65. The standard InChI is InChI=1S/C12H8F3NO2/c1-7-11(16-10(6-17)18-7)8-3-2-4-9(5-8)12(13,14)15/h2-6H,1H3. The third-order valence-corrected chi connectivity index (χ3v) is 2.38. The molecule has 0 aliphatic carbocycles. The van der Waals surface area contributed by atoms with Gasteiger partial charge in [0.1, 0.15) is 11.5 Å². The van der Waals surface area contributed by atoms with Gasteiger partial charge in [0.15, 0.2) is 0 Å². The van der Waals surface area contributed by atoms with Crippen molar-refractivity contribution in [2.75, 3.05) is 0 Å². The van der Waals surface area contributed by atoms with E-state index in [1.165, 1.54) is 19.1 Å². The van der Waals surface area contributed by atoms with E-state index in [1.807, 2.05) is 0 Å². The highest BCUT2D eigenvalue weighted by atomic mass is 19.4. The molecule has 0 saturated heterocycles. The Kier molecular flexibility index (Phi) is 2.94. The quantitative estimate of drug-likeness (QED) is 0.771. The molecule has 6 heteroatoms. The number of hydrogen-bond acceptors (Lipinski definition) is 3. The highest BCUT2D eigenvalue weighted by Gasteiger charge is 2.30. The molecule has 0 radical (unpaired) electrons. The summed E-state index contributed by atoms with van der Waals surface area (Å²) in [5, 5.41) is 0. The first-order valence-corrected chi connectivity index (χ1v) is 5.02. The Morgan fingerprint density at radius 2 is 2.06 bits per heavy atom. The van der Waals surface area contributed by atoms with Crippen LogP contribution in [0.2, 0.25) is 0 Å². The Labute approximate surface area is 100 Å². The monoisotopic (exact) mass is 255 g/mol. The van der Waals surface area contributed by atoms with Gasteiger partial charge in [-0.05, 0) is 19.1 Å². The average molecular weight is 255 g/mol. The zero-order valence-electron chi connectivity index (χ0n) is 9.28. The van der Waals surface area contributed by atoms with Gasteiger partial charge in [-0.3, -0.25) is 4.79 Å². The molecule has 0 aliphatic rings. The summed E-state index contributed by atoms with van der Waals surface area (Å²) in [7, 11) is 0. The zero-order chi connectivity index (χ0) is 13.3. The van der Waals surface area contributed by atoms with Crippen LogP contribution in [0.1, 0.15) is 22.0 Å². The van der Waals surface area contributed by atoms with Gasteiger partial charge in [-0.1, -0.05) is 12.1 Å². The Balaban J connectivity index is 2.51. The van der Waals surface area contributed by atoms with Crippen molar-refractivity contribution in [3.63, 3.8) is 0 Å². The molecule has 0 bridgehead atoms. The maximum Gasteiger partial charge on any atom is 0.416 e. The van der Waals surface area contributed by atoms with E-state index < -0.39 is 11.7 Å². The highest BCUT2D eigenvalue weighted by molar-refractivity contribution is 5.71. The predicted molar refractivity (Wildman–Crippen MR) is 57.1 cm³/mol. The van der Waals surface area contributed by atoms with Crippen molar-refractivity contribution in [3.8, 4) is 11.3 Å². The van der Waals surface area contributed by atoms with Crippen LogP contribution >= 0.6 is 0 Å². The molecular weight excluding hydrogens is 247 g/mol. The second-order valence-corrected chi connectivity index (χ2v) is 3.65. The van der Waals surface area contributed by atoms with Crippen LogP contribution in [-0.4, -0.2) is 11.3 Å². The molecule has 94 valence electrons. The minimum atomic E-state index is -4.42. The van der Waals surface area contributed by atoms with Crippen LogP contribution in [-0.2, 0) is 6.18 Å². The maximum atomic E-state index is 12.6. The van der Waals surface area contributed by atoms with Gasteiger partial charge in [-0.25, -0.2) is 4.98 Å².